The van der Waals surface area contributed by atoms with Crippen LogP contribution in [0.15, 0.2) is 24.3 Å². The predicted molar refractivity (Wildman–Crippen MR) is 96.6 cm³/mol. The Balaban J connectivity index is 1.83. The van der Waals surface area contributed by atoms with Gasteiger partial charge in [-0.2, -0.15) is 0 Å². The van der Waals surface area contributed by atoms with Crippen molar-refractivity contribution in [3.05, 3.63) is 35.4 Å². The molecule has 6 heteroatoms. The normalized spacial score (nSPS) is 17.0. The lowest BCUT2D eigenvalue weighted by atomic mass is 9.96. The monoisotopic (exact) mass is 352 g/mol. The Morgan fingerprint density at radius 1 is 1.04 bits per heavy atom. The molecule has 0 radical (unpaired) electrons. The molecule has 1 aliphatic carbocycles. The summed E-state index contributed by atoms with van der Waals surface area (Å²) in [6.07, 6.45) is 10.1. The molecule has 0 bridgehead atoms. The van der Waals surface area contributed by atoms with E-state index in [2.05, 4.69) is 10.0 Å². The van der Waals surface area contributed by atoms with Crippen LogP contribution in [0.25, 0.3) is 0 Å². The topological polar surface area (TPSA) is 75.3 Å². The Bertz CT molecular complexity index is 618. The number of carbonyl (C=O) groups is 1. The van der Waals surface area contributed by atoms with Crippen molar-refractivity contribution in [2.45, 2.75) is 57.4 Å². The first kappa shape index (κ1) is 18.9. The lowest BCUT2D eigenvalue weighted by Crippen LogP contribution is -2.35. The van der Waals surface area contributed by atoms with Crippen molar-refractivity contribution in [2.24, 2.45) is 0 Å². The molecule has 1 saturated carbocycles. The van der Waals surface area contributed by atoms with Crippen molar-refractivity contribution in [1.29, 1.82) is 0 Å². The van der Waals surface area contributed by atoms with Gasteiger partial charge in [0.05, 0.1) is 6.26 Å². The van der Waals surface area contributed by atoms with Crippen LogP contribution in [0.5, 0.6) is 0 Å². The minimum absolute atomic E-state index is 0.0126. The lowest BCUT2D eigenvalue weighted by Gasteiger charge is -2.21. The number of nitrogens with one attached hydrogen (secondary N) is 2. The summed E-state index contributed by atoms with van der Waals surface area (Å²) in [5.41, 5.74) is 1.67. The maximum atomic E-state index is 12.4. The summed E-state index contributed by atoms with van der Waals surface area (Å²) < 4.78 is 24.5. The van der Waals surface area contributed by atoms with Gasteiger partial charge >= 0.3 is 0 Å². The number of benzene rings is 1. The predicted octanol–water partition coefficient (Wildman–Crippen LogP) is 2.62. The highest BCUT2D eigenvalue weighted by atomic mass is 32.2. The number of rotatable bonds is 6. The quantitative estimate of drug-likeness (QED) is 0.826. The van der Waals surface area contributed by atoms with E-state index in [0.29, 0.717) is 18.5 Å². The minimum Gasteiger partial charge on any atom is -0.349 e. The molecule has 2 N–H and O–H groups in total. The Morgan fingerprint density at radius 2 is 1.62 bits per heavy atom. The van der Waals surface area contributed by atoms with E-state index in [1.807, 2.05) is 24.3 Å². The van der Waals surface area contributed by atoms with E-state index < -0.39 is 10.0 Å². The second kappa shape index (κ2) is 9.18. The van der Waals surface area contributed by atoms with Gasteiger partial charge in [-0.1, -0.05) is 44.2 Å². The highest BCUT2D eigenvalue weighted by Crippen LogP contribution is 2.17. The van der Waals surface area contributed by atoms with Gasteiger partial charge in [0.1, 0.15) is 0 Å². The molecule has 24 heavy (non-hydrogen) atoms. The molecule has 0 atom stereocenters. The van der Waals surface area contributed by atoms with E-state index in [0.717, 1.165) is 24.7 Å². The van der Waals surface area contributed by atoms with Crippen LogP contribution < -0.4 is 10.0 Å². The van der Waals surface area contributed by atoms with Gasteiger partial charge in [0.25, 0.3) is 5.91 Å². The zero-order valence-corrected chi connectivity index (χ0v) is 15.2. The van der Waals surface area contributed by atoms with Crippen molar-refractivity contribution in [3.63, 3.8) is 0 Å². The average molecular weight is 353 g/mol. The molecule has 1 fully saturated rings. The molecule has 1 amide bonds. The lowest BCUT2D eigenvalue weighted by molar-refractivity contribution is 0.0930. The van der Waals surface area contributed by atoms with Crippen molar-refractivity contribution < 1.29 is 13.2 Å². The fourth-order valence-electron chi connectivity index (χ4n) is 3.07. The largest absolute Gasteiger partial charge is 0.349 e. The van der Waals surface area contributed by atoms with Gasteiger partial charge in [0, 0.05) is 18.2 Å². The van der Waals surface area contributed by atoms with Gasteiger partial charge in [-0.05, 0) is 37.0 Å². The number of carbonyl (C=O) groups excluding carboxylic acids is 1. The third-order valence-corrected chi connectivity index (χ3v) is 5.16. The van der Waals surface area contributed by atoms with Crippen molar-refractivity contribution in [1.82, 2.24) is 10.0 Å². The second-order valence-corrected chi connectivity index (χ2v) is 8.46. The Hall–Kier alpha value is -1.40. The third-order valence-electron chi connectivity index (χ3n) is 4.43. The summed E-state index contributed by atoms with van der Waals surface area (Å²) >= 11 is 0. The van der Waals surface area contributed by atoms with Crippen LogP contribution in [0.4, 0.5) is 0 Å². The summed E-state index contributed by atoms with van der Waals surface area (Å²) in [7, 11) is -3.15. The molecule has 0 aromatic heterocycles. The van der Waals surface area contributed by atoms with E-state index in [1.165, 1.54) is 32.1 Å². The molecule has 5 nitrogen and oxygen atoms in total. The summed E-state index contributed by atoms with van der Waals surface area (Å²) in [6.45, 7) is 0.368. The maximum absolute atomic E-state index is 12.4. The molecule has 0 heterocycles. The van der Waals surface area contributed by atoms with Crippen LogP contribution in [-0.4, -0.2) is 33.2 Å². The number of hydrogen-bond acceptors (Lipinski definition) is 3. The van der Waals surface area contributed by atoms with Crippen LogP contribution >= 0.6 is 0 Å². The zero-order chi connectivity index (χ0) is 17.4. The van der Waals surface area contributed by atoms with Gasteiger partial charge in [-0.15, -0.1) is 0 Å². The van der Waals surface area contributed by atoms with Gasteiger partial charge < -0.3 is 5.32 Å². The SMILES string of the molecule is CS(=O)(=O)NCCc1ccc(C(=O)NC2CCCCCCC2)cc1. The van der Waals surface area contributed by atoms with Crippen LogP contribution in [0.1, 0.15) is 60.9 Å². The van der Waals surface area contributed by atoms with E-state index >= 15 is 0 Å². The van der Waals surface area contributed by atoms with E-state index in [-0.39, 0.29) is 11.9 Å². The van der Waals surface area contributed by atoms with Gasteiger partial charge in [-0.25, -0.2) is 13.1 Å². The van der Waals surface area contributed by atoms with Crippen LogP contribution in [0.2, 0.25) is 0 Å². The first-order valence-corrected chi connectivity index (χ1v) is 10.7. The molecular formula is C18H28N2O3S. The van der Waals surface area contributed by atoms with Crippen molar-refractivity contribution >= 4 is 15.9 Å². The Labute approximate surface area is 145 Å². The first-order chi connectivity index (χ1) is 11.4. The van der Waals surface area contributed by atoms with Gasteiger partial charge in [-0.3, -0.25) is 4.79 Å². The van der Waals surface area contributed by atoms with E-state index in [4.69, 9.17) is 0 Å². The zero-order valence-electron chi connectivity index (χ0n) is 14.4. The summed E-state index contributed by atoms with van der Waals surface area (Å²) in [4.78, 5) is 12.4. The molecule has 1 aromatic carbocycles. The third kappa shape index (κ3) is 7.01. The number of sulfonamides is 1. The molecule has 2 rings (SSSR count). The van der Waals surface area contributed by atoms with Gasteiger partial charge in [0.2, 0.25) is 10.0 Å². The molecule has 0 saturated heterocycles. The smallest absolute Gasteiger partial charge is 0.251 e. The molecule has 0 aliphatic heterocycles. The molecule has 0 unspecified atom stereocenters. The summed E-state index contributed by atoms with van der Waals surface area (Å²) in [5, 5.41) is 3.15. The molecule has 1 aromatic rings. The Morgan fingerprint density at radius 3 is 2.21 bits per heavy atom. The number of hydrogen-bond donors (Lipinski definition) is 2. The summed E-state index contributed by atoms with van der Waals surface area (Å²) in [6, 6.07) is 7.69. The average Bonchev–Trinajstić information content (AvgIpc) is 2.49. The van der Waals surface area contributed by atoms with Crippen molar-refractivity contribution in [2.75, 3.05) is 12.8 Å². The van der Waals surface area contributed by atoms with E-state index in [9.17, 15) is 13.2 Å². The molecule has 134 valence electrons. The van der Waals surface area contributed by atoms with Crippen LogP contribution in [0, 0.1) is 0 Å². The molecule has 0 spiro atoms. The van der Waals surface area contributed by atoms with Crippen LogP contribution in [0.3, 0.4) is 0 Å². The second-order valence-electron chi connectivity index (χ2n) is 6.63. The van der Waals surface area contributed by atoms with Crippen molar-refractivity contribution in [3.8, 4) is 0 Å². The Kier molecular flexibility index (Phi) is 7.24. The van der Waals surface area contributed by atoms with E-state index in [1.54, 1.807) is 0 Å². The highest BCUT2D eigenvalue weighted by Gasteiger charge is 2.15. The molecular weight excluding hydrogens is 324 g/mol. The number of amides is 1. The fraction of sp³-hybridized carbons (Fsp3) is 0.611. The summed E-state index contributed by atoms with van der Waals surface area (Å²) in [5.74, 6) is -0.0126. The first-order valence-electron chi connectivity index (χ1n) is 8.78. The standard InChI is InChI=1S/C18H28N2O3S/c1-24(22,23)19-14-13-15-9-11-16(12-10-15)18(21)20-17-7-5-3-2-4-6-8-17/h9-12,17,19H,2-8,13-14H2,1H3,(H,20,21). The minimum atomic E-state index is -3.15. The van der Waals surface area contributed by atoms with Crippen LogP contribution in [-0.2, 0) is 16.4 Å². The highest BCUT2D eigenvalue weighted by molar-refractivity contribution is 7.88. The maximum Gasteiger partial charge on any atom is 0.251 e. The molecule has 1 aliphatic rings. The van der Waals surface area contributed by atoms with Gasteiger partial charge in [0.15, 0.2) is 0 Å². The fourth-order valence-corrected chi connectivity index (χ4v) is 3.55.